The highest BCUT2D eigenvalue weighted by atomic mass is 32.2. The number of benzene rings is 2. The average Bonchev–Trinajstić information content (AvgIpc) is 3.21. The molecule has 0 unspecified atom stereocenters. The van der Waals surface area contributed by atoms with Crippen LogP contribution < -0.4 is 5.32 Å². The quantitative estimate of drug-likeness (QED) is 0.497. The molecule has 0 aliphatic rings. The van der Waals surface area contributed by atoms with Crippen LogP contribution in [0.2, 0.25) is 0 Å². The molecule has 0 atom stereocenters. The van der Waals surface area contributed by atoms with Gasteiger partial charge in [-0.05, 0) is 55.3 Å². The number of imidazole rings is 1. The zero-order valence-electron chi connectivity index (χ0n) is 15.1. The van der Waals surface area contributed by atoms with Gasteiger partial charge in [-0.25, -0.2) is 4.98 Å². The largest absolute Gasteiger partial charge is 0.326 e. The molecule has 6 heteroatoms. The molecule has 1 N–H and O–H groups in total. The standard InChI is InChI=1S/C21H19N3OS2/c1-14-3-4-15(2)19(11-14)27-18-7-5-16(6-8-18)22-20(25)12-17-13-24-9-10-26-21(24)23-17/h3-11,13H,12H2,1-2H3,(H,22,25). The predicted molar refractivity (Wildman–Crippen MR) is 112 cm³/mol. The Morgan fingerprint density at radius 1 is 1.19 bits per heavy atom. The second kappa shape index (κ2) is 7.58. The number of aryl methyl sites for hydroxylation is 2. The van der Waals surface area contributed by atoms with Gasteiger partial charge in [-0.2, -0.15) is 0 Å². The van der Waals surface area contributed by atoms with E-state index in [1.54, 1.807) is 23.1 Å². The summed E-state index contributed by atoms with van der Waals surface area (Å²) in [6.07, 6.45) is 4.11. The van der Waals surface area contributed by atoms with E-state index in [0.717, 1.165) is 21.2 Å². The molecule has 0 radical (unpaired) electrons. The fraction of sp³-hybridized carbons (Fsp3) is 0.143. The SMILES string of the molecule is Cc1ccc(C)c(Sc2ccc(NC(=O)Cc3cn4ccsc4n3)cc2)c1. The Kier molecular flexibility index (Phi) is 5.01. The van der Waals surface area contributed by atoms with Crippen LogP contribution in [0.15, 0.2) is 70.0 Å². The number of amides is 1. The summed E-state index contributed by atoms with van der Waals surface area (Å²) < 4.78 is 1.94. The van der Waals surface area contributed by atoms with Crippen molar-refractivity contribution in [3.05, 3.63) is 77.1 Å². The highest BCUT2D eigenvalue weighted by Crippen LogP contribution is 2.31. The van der Waals surface area contributed by atoms with E-state index in [4.69, 9.17) is 0 Å². The van der Waals surface area contributed by atoms with Gasteiger partial charge in [0.15, 0.2) is 4.96 Å². The predicted octanol–water partition coefficient (Wildman–Crippen LogP) is 5.35. The molecule has 0 saturated heterocycles. The molecule has 0 spiro atoms. The monoisotopic (exact) mass is 393 g/mol. The molecule has 0 aliphatic carbocycles. The van der Waals surface area contributed by atoms with E-state index >= 15 is 0 Å². The summed E-state index contributed by atoms with van der Waals surface area (Å²) >= 11 is 3.30. The Labute approximate surface area is 166 Å². The van der Waals surface area contributed by atoms with Crippen LogP contribution in [-0.2, 0) is 11.2 Å². The number of hydrogen-bond acceptors (Lipinski definition) is 4. The molecule has 2 aromatic carbocycles. The third kappa shape index (κ3) is 4.23. The molecule has 2 heterocycles. The summed E-state index contributed by atoms with van der Waals surface area (Å²) in [4.78, 5) is 20.0. The van der Waals surface area contributed by atoms with Crippen molar-refractivity contribution in [2.75, 3.05) is 5.32 Å². The average molecular weight is 394 g/mol. The molecule has 0 bridgehead atoms. The van der Waals surface area contributed by atoms with Crippen molar-refractivity contribution in [3.63, 3.8) is 0 Å². The lowest BCUT2D eigenvalue weighted by molar-refractivity contribution is -0.115. The zero-order valence-corrected chi connectivity index (χ0v) is 16.7. The van der Waals surface area contributed by atoms with Gasteiger partial charge < -0.3 is 5.32 Å². The molecule has 4 nitrogen and oxygen atoms in total. The maximum atomic E-state index is 12.3. The molecule has 0 fully saturated rings. The highest BCUT2D eigenvalue weighted by Gasteiger charge is 2.09. The number of anilines is 1. The Morgan fingerprint density at radius 3 is 2.78 bits per heavy atom. The summed E-state index contributed by atoms with van der Waals surface area (Å²) in [5, 5.41) is 4.92. The van der Waals surface area contributed by atoms with Gasteiger partial charge >= 0.3 is 0 Å². The topological polar surface area (TPSA) is 46.4 Å². The molecule has 27 heavy (non-hydrogen) atoms. The maximum Gasteiger partial charge on any atom is 0.230 e. The van der Waals surface area contributed by atoms with Crippen molar-refractivity contribution in [3.8, 4) is 0 Å². The minimum atomic E-state index is -0.0596. The van der Waals surface area contributed by atoms with Gasteiger partial charge in [-0.3, -0.25) is 9.20 Å². The number of aromatic nitrogens is 2. The fourth-order valence-corrected chi connectivity index (χ4v) is 4.50. The molecule has 0 saturated carbocycles. The smallest absolute Gasteiger partial charge is 0.230 e. The number of carbonyl (C=O) groups excluding carboxylic acids is 1. The summed E-state index contributed by atoms with van der Waals surface area (Å²) in [6.45, 7) is 4.22. The van der Waals surface area contributed by atoms with Crippen LogP contribution in [0, 0.1) is 13.8 Å². The van der Waals surface area contributed by atoms with Gasteiger partial charge in [0, 0.05) is 33.3 Å². The molecule has 0 aliphatic heterocycles. The number of thiazole rings is 1. The molecular formula is C21H19N3OS2. The number of hydrogen-bond donors (Lipinski definition) is 1. The van der Waals surface area contributed by atoms with Crippen molar-refractivity contribution in [2.24, 2.45) is 0 Å². The van der Waals surface area contributed by atoms with E-state index in [1.807, 2.05) is 46.4 Å². The molecule has 136 valence electrons. The third-order valence-corrected chi connectivity index (χ3v) is 6.13. The normalized spacial score (nSPS) is 11.0. The van der Waals surface area contributed by atoms with Crippen molar-refractivity contribution in [1.82, 2.24) is 9.38 Å². The molecule has 4 aromatic rings. The van der Waals surface area contributed by atoms with Gasteiger partial charge in [0.25, 0.3) is 0 Å². The minimum Gasteiger partial charge on any atom is -0.326 e. The van der Waals surface area contributed by atoms with Crippen LogP contribution in [-0.4, -0.2) is 15.3 Å². The molecule has 1 amide bonds. The number of rotatable bonds is 5. The first-order chi connectivity index (χ1) is 13.1. The van der Waals surface area contributed by atoms with Crippen molar-refractivity contribution < 1.29 is 4.79 Å². The van der Waals surface area contributed by atoms with E-state index in [1.165, 1.54) is 16.0 Å². The Morgan fingerprint density at radius 2 is 2.00 bits per heavy atom. The van der Waals surface area contributed by atoms with Crippen LogP contribution in [0.3, 0.4) is 0 Å². The minimum absolute atomic E-state index is 0.0596. The third-order valence-electron chi connectivity index (χ3n) is 4.19. The second-order valence-corrected chi connectivity index (χ2v) is 8.43. The summed E-state index contributed by atoms with van der Waals surface area (Å²) in [5.74, 6) is -0.0596. The highest BCUT2D eigenvalue weighted by molar-refractivity contribution is 7.99. The van der Waals surface area contributed by atoms with Gasteiger partial charge in [-0.15, -0.1) is 11.3 Å². The van der Waals surface area contributed by atoms with E-state index in [0.29, 0.717) is 0 Å². The zero-order chi connectivity index (χ0) is 18.8. The number of carbonyl (C=O) groups is 1. The van der Waals surface area contributed by atoms with Crippen LogP contribution in [0.1, 0.15) is 16.8 Å². The first kappa shape index (κ1) is 17.8. The van der Waals surface area contributed by atoms with E-state index in [-0.39, 0.29) is 12.3 Å². The lowest BCUT2D eigenvalue weighted by Crippen LogP contribution is -2.14. The first-order valence-electron chi connectivity index (χ1n) is 8.63. The Bertz CT molecular complexity index is 1070. The Hall–Kier alpha value is -2.57. The molecule has 2 aromatic heterocycles. The van der Waals surface area contributed by atoms with Crippen molar-refractivity contribution in [1.29, 1.82) is 0 Å². The molecule has 4 rings (SSSR count). The lowest BCUT2D eigenvalue weighted by atomic mass is 10.2. The number of nitrogens with zero attached hydrogens (tertiary/aromatic N) is 2. The summed E-state index contributed by atoms with van der Waals surface area (Å²) in [5.41, 5.74) is 4.10. The second-order valence-electron chi connectivity index (χ2n) is 6.45. The van der Waals surface area contributed by atoms with Gasteiger partial charge in [0.1, 0.15) is 0 Å². The van der Waals surface area contributed by atoms with Crippen molar-refractivity contribution in [2.45, 2.75) is 30.1 Å². The summed E-state index contributed by atoms with van der Waals surface area (Å²) in [7, 11) is 0. The van der Waals surface area contributed by atoms with Gasteiger partial charge in [0.2, 0.25) is 5.91 Å². The van der Waals surface area contributed by atoms with Crippen LogP contribution in [0.25, 0.3) is 4.96 Å². The Balaban J connectivity index is 1.39. The van der Waals surface area contributed by atoms with Gasteiger partial charge in [0.05, 0.1) is 12.1 Å². The van der Waals surface area contributed by atoms with Crippen molar-refractivity contribution >= 4 is 39.7 Å². The van der Waals surface area contributed by atoms with Crippen LogP contribution >= 0.6 is 23.1 Å². The lowest BCUT2D eigenvalue weighted by Gasteiger charge is -2.08. The fourth-order valence-electron chi connectivity index (χ4n) is 2.78. The number of nitrogens with one attached hydrogen (secondary N) is 1. The van der Waals surface area contributed by atoms with E-state index in [9.17, 15) is 4.79 Å². The maximum absolute atomic E-state index is 12.3. The summed E-state index contributed by atoms with van der Waals surface area (Å²) in [6, 6.07) is 14.4. The van der Waals surface area contributed by atoms with E-state index in [2.05, 4.69) is 42.3 Å². The van der Waals surface area contributed by atoms with Crippen LogP contribution in [0.5, 0.6) is 0 Å². The number of fused-ring (bicyclic) bond motifs is 1. The van der Waals surface area contributed by atoms with Crippen LogP contribution in [0.4, 0.5) is 5.69 Å². The first-order valence-corrected chi connectivity index (χ1v) is 10.3. The molecular weight excluding hydrogens is 374 g/mol. The van der Waals surface area contributed by atoms with Gasteiger partial charge in [-0.1, -0.05) is 23.9 Å². The van der Waals surface area contributed by atoms with E-state index < -0.39 is 0 Å².